The Morgan fingerprint density at radius 1 is 1.26 bits per heavy atom. The van der Waals surface area contributed by atoms with Gasteiger partial charge < -0.3 is 5.73 Å². The van der Waals surface area contributed by atoms with E-state index in [-0.39, 0.29) is 11.7 Å². The molecule has 0 spiro atoms. The van der Waals surface area contributed by atoms with E-state index in [4.69, 9.17) is 5.73 Å². The number of nitrogen functional groups attached to an aromatic ring is 1. The van der Waals surface area contributed by atoms with Gasteiger partial charge in [-0.05, 0) is 36.5 Å². The van der Waals surface area contributed by atoms with E-state index in [0.29, 0.717) is 11.7 Å². The van der Waals surface area contributed by atoms with Crippen molar-refractivity contribution in [1.29, 1.82) is 0 Å². The summed E-state index contributed by atoms with van der Waals surface area (Å²) in [7, 11) is 0. The summed E-state index contributed by atoms with van der Waals surface area (Å²) in [5.41, 5.74) is 7.62. The molecule has 0 radical (unpaired) electrons. The van der Waals surface area contributed by atoms with Gasteiger partial charge in [0.2, 0.25) is 0 Å². The molecule has 0 aromatic carbocycles. The molecule has 100 valence electrons. The van der Waals surface area contributed by atoms with Crippen LogP contribution in [0.4, 0.5) is 10.2 Å². The molecular formula is C15H18FN3. The Bertz CT molecular complexity index is 540. The number of nitrogens with zero attached hydrogens (tertiary/aromatic N) is 2. The van der Waals surface area contributed by atoms with Gasteiger partial charge in [-0.2, -0.15) is 0 Å². The number of hydrogen-bond donors (Lipinski definition) is 1. The Hall–Kier alpha value is -1.97. The molecule has 0 aliphatic carbocycles. The van der Waals surface area contributed by atoms with E-state index >= 15 is 0 Å². The lowest BCUT2D eigenvalue weighted by Crippen LogP contribution is -2.14. The molecule has 2 aromatic rings. The summed E-state index contributed by atoms with van der Waals surface area (Å²) in [5, 5.41) is 0. The van der Waals surface area contributed by atoms with E-state index in [1.165, 1.54) is 6.07 Å². The van der Waals surface area contributed by atoms with Crippen LogP contribution in [0.25, 0.3) is 0 Å². The van der Waals surface area contributed by atoms with Crippen molar-refractivity contribution >= 4 is 5.82 Å². The first-order valence-electron chi connectivity index (χ1n) is 6.38. The van der Waals surface area contributed by atoms with Crippen LogP contribution < -0.4 is 5.73 Å². The number of pyridine rings is 2. The highest BCUT2D eigenvalue weighted by Gasteiger charge is 2.20. The fourth-order valence-corrected chi connectivity index (χ4v) is 2.21. The van der Waals surface area contributed by atoms with Crippen molar-refractivity contribution < 1.29 is 4.39 Å². The molecule has 2 aromatic heterocycles. The minimum Gasteiger partial charge on any atom is -0.383 e. The van der Waals surface area contributed by atoms with Crippen LogP contribution in [0.5, 0.6) is 0 Å². The summed E-state index contributed by atoms with van der Waals surface area (Å²) < 4.78 is 13.4. The second kappa shape index (κ2) is 5.78. The van der Waals surface area contributed by atoms with Gasteiger partial charge in [0.1, 0.15) is 11.6 Å². The number of nitrogens with two attached hydrogens (primary N) is 1. The van der Waals surface area contributed by atoms with Crippen molar-refractivity contribution in [1.82, 2.24) is 9.97 Å². The van der Waals surface area contributed by atoms with Crippen LogP contribution in [-0.2, 0) is 6.42 Å². The van der Waals surface area contributed by atoms with Gasteiger partial charge in [-0.25, -0.2) is 9.37 Å². The predicted octanol–water partition coefficient (Wildman–Crippen LogP) is 3.18. The number of hydrogen-bond acceptors (Lipinski definition) is 3. The maximum Gasteiger partial charge on any atom is 0.141 e. The SMILES string of the molecule is CC(C)[C@H](Cc1ccccn1)c1cc(F)cnc1N. The fraction of sp³-hybridized carbons (Fsp3) is 0.333. The van der Waals surface area contributed by atoms with Crippen molar-refractivity contribution in [3.63, 3.8) is 0 Å². The van der Waals surface area contributed by atoms with E-state index in [1.807, 2.05) is 18.2 Å². The molecule has 0 aliphatic heterocycles. The minimum atomic E-state index is -0.351. The van der Waals surface area contributed by atoms with Crippen molar-refractivity contribution in [2.75, 3.05) is 5.73 Å². The molecule has 0 saturated carbocycles. The van der Waals surface area contributed by atoms with Gasteiger partial charge in [0.25, 0.3) is 0 Å². The Morgan fingerprint density at radius 3 is 2.68 bits per heavy atom. The van der Waals surface area contributed by atoms with Gasteiger partial charge in [-0.15, -0.1) is 0 Å². The molecule has 0 bridgehead atoms. The third kappa shape index (κ3) is 3.28. The standard InChI is InChI=1S/C15H18FN3/c1-10(2)13(8-12-5-3-4-6-18-12)14-7-11(16)9-19-15(14)17/h3-7,9-10,13H,8H2,1-2H3,(H2,17,19)/t13-/m0/s1. The fourth-order valence-electron chi connectivity index (χ4n) is 2.21. The maximum absolute atomic E-state index is 13.4. The Morgan fingerprint density at radius 2 is 2.05 bits per heavy atom. The van der Waals surface area contributed by atoms with Crippen molar-refractivity contribution in [3.8, 4) is 0 Å². The predicted molar refractivity (Wildman–Crippen MR) is 74.1 cm³/mol. The summed E-state index contributed by atoms with van der Waals surface area (Å²) in [6.07, 6.45) is 3.64. The number of rotatable bonds is 4. The summed E-state index contributed by atoms with van der Waals surface area (Å²) in [5.74, 6) is 0.484. The van der Waals surface area contributed by atoms with E-state index in [9.17, 15) is 4.39 Å². The monoisotopic (exact) mass is 259 g/mol. The van der Waals surface area contributed by atoms with Gasteiger partial charge in [0, 0.05) is 17.5 Å². The third-order valence-corrected chi connectivity index (χ3v) is 3.28. The van der Waals surface area contributed by atoms with Crippen LogP contribution in [0.2, 0.25) is 0 Å². The number of aromatic nitrogens is 2. The zero-order valence-corrected chi connectivity index (χ0v) is 11.2. The molecule has 19 heavy (non-hydrogen) atoms. The van der Waals surface area contributed by atoms with Crippen LogP contribution in [0.3, 0.4) is 0 Å². The number of halogens is 1. The quantitative estimate of drug-likeness (QED) is 0.917. The molecule has 2 heterocycles. The maximum atomic E-state index is 13.4. The normalized spacial score (nSPS) is 12.6. The lowest BCUT2D eigenvalue weighted by molar-refractivity contribution is 0.487. The largest absolute Gasteiger partial charge is 0.383 e. The van der Waals surface area contributed by atoms with Crippen molar-refractivity contribution in [3.05, 3.63) is 53.7 Å². The first kappa shape index (κ1) is 13.5. The van der Waals surface area contributed by atoms with Crippen LogP contribution in [0, 0.1) is 11.7 Å². The second-order valence-corrected chi connectivity index (χ2v) is 5.00. The first-order valence-corrected chi connectivity index (χ1v) is 6.38. The van der Waals surface area contributed by atoms with Gasteiger partial charge in [0.05, 0.1) is 6.20 Å². The van der Waals surface area contributed by atoms with E-state index < -0.39 is 0 Å². The minimum absolute atomic E-state index is 0.109. The van der Waals surface area contributed by atoms with E-state index in [2.05, 4.69) is 23.8 Å². The van der Waals surface area contributed by atoms with Crippen LogP contribution in [0.15, 0.2) is 36.7 Å². The molecule has 1 atom stereocenters. The molecule has 0 saturated heterocycles. The zero-order valence-electron chi connectivity index (χ0n) is 11.2. The molecule has 0 amide bonds. The highest BCUT2D eigenvalue weighted by Crippen LogP contribution is 2.31. The highest BCUT2D eigenvalue weighted by atomic mass is 19.1. The molecule has 2 rings (SSSR count). The van der Waals surface area contributed by atoms with E-state index in [1.54, 1.807) is 6.20 Å². The van der Waals surface area contributed by atoms with Gasteiger partial charge >= 0.3 is 0 Å². The zero-order chi connectivity index (χ0) is 13.8. The van der Waals surface area contributed by atoms with Crippen molar-refractivity contribution in [2.24, 2.45) is 5.92 Å². The molecule has 0 fully saturated rings. The van der Waals surface area contributed by atoms with Crippen LogP contribution >= 0.6 is 0 Å². The van der Waals surface area contributed by atoms with Crippen LogP contribution in [-0.4, -0.2) is 9.97 Å². The lowest BCUT2D eigenvalue weighted by atomic mass is 9.85. The number of anilines is 1. The topological polar surface area (TPSA) is 51.8 Å². The van der Waals surface area contributed by atoms with Crippen molar-refractivity contribution in [2.45, 2.75) is 26.2 Å². The van der Waals surface area contributed by atoms with Gasteiger partial charge in [-0.1, -0.05) is 19.9 Å². The van der Waals surface area contributed by atoms with Crippen LogP contribution in [0.1, 0.15) is 31.0 Å². The lowest BCUT2D eigenvalue weighted by Gasteiger charge is -2.22. The summed E-state index contributed by atoms with van der Waals surface area (Å²) in [6.45, 7) is 4.19. The summed E-state index contributed by atoms with van der Waals surface area (Å²) >= 11 is 0. The van der Waals surface area contributed by atoms with Gasteiger partial charge in [0.15, 0.2) is 0 Å². The molecular weight excluding hydrogens is 241 g/mol. The molecule has 0 aliphatic rings. The molecule has 4 heteroatoms. The average Bonchev–Trinajstić information content (AvgIpc) is 2.40. The Balaban J connectivity index is 2.32. The average molecular weight is 259 g/mol. The molecule has 3 nitrogen and oxygen atoms in total. The smallest absolute Gasteiger partial charge is 0.141 e. The Kier molecular flexibility index (Phi) is 4.10. The highest BCUT2D eigenvalue weighted by molar-refractivity contribution is 5.42. The first-order chi connectivity index (χ1) is 9.08. The molecule has 0 unspecified atom stereocenters. The summed E-state index contributed by atoms with van der Waals surface area (Å²) in [4.78, 5) is 8.23. The third-order valence-electron chi connectivity index (χ3n) is 3.28. The van der Waals surface area contributed by atoms with E-state index in [0.717, 1.165) is 23.9 Å². The summed E-state index contributed by atoms with van der Waals surface area (Å²) in [6, 6.07) is 7.28. The molecule has 2 N–H and O–H groups in total. The van der Waals surface area contributed by atoms with Gasteiger partial charge in [-0.3, -0.25) is 4.98 Å². The Labute approximate surface area is 112 Å². The second-order valence-electron chi connectivity index (χ2n) is 5.00.